The second-order valence-corrected chi connectivity index (χ2v) is 13.5. The highest BCUT2D eigenvalue weighted by molar-refractivity contribution is 6.78. The summed E-state index contributed by atoms with van der Waals surface area (Å²) in [5.41, 5.74) is 2.33. The summed E-state index contributed by atoms with van der Waals surface area (Å²) in [5.74, 6) is 0.629. The normalized spacial score (nSPS) is 11.9. The number of carbonyl (C=O) groups excluding carboxylic acids is 1. The Morgan fingerprint density at radius 1 is 0.821 bits per heavy atom. The molecule has 0 fully saturated rings. The standard InChI is InChI=1S/C22H29NO4Si/c1-15(2)28(16(3)4,17(5)6)27-21-13-9-19(10-14-21)22(24)18-7-11-20(12-8-18)23(25)26/h7-17H,1-6H3. The SMILES string of the molecule is CC(C)[Si](Oc1ccc(C(=O)c2ccc([N+](=O)[O-])cc2)cc1)(C(C)C)C(C)C. The number of hydrogen-bond acceptors (Lipinski definition) is 4. The minimum Gasteiger partial charge on any atom is -0.543 e. The maximum atomic E-state index is 12.6. The molecule has 150 valence electrons. The van der Waals surface area contributed by atoms with Crippen LogP contribution in [0.25, 0.3) is 0 Å². The maximum Gasteiger partial charge on any atom is 0.269 e. The summed E-state index contributed by atoms with van der Waals surface area (Å²) in [6, 6.07) is 12.9. The van der Waals surface area contributed by atoms with E-state index in [9.17, 15) is 14.9 Å². The van der Waals surface area contributed by atoms with Crippen molar-refractivity contribution in [3.63, 3.8) is 0 Å². The van der Waals surface area contributed by atoms with Gasteiger partial charge in [-0.3, -0.25) is 14.9 Å². The van der Waals surface area contributed by atoms with Gasteiger partial charge in [0.05, 0.1) is 4.92 Å². The fourth-order valence-electron chi connectivity index (χ4n) is 4.13. The van der Waals surface area contributed by atoms with Crippen LogP contribution >= 0.6 is 0 Å². The molecule has 2 rings (SSSR count). The van der Waals surface area contributed by atoms with Crippen molar-refractivity contribution in [1.82, 2.24) is 0 Å². The van der Waals surface area contributed by atoms with E-state index in [-0.39, 0.29) is 11.5 Å². The molecule has 0 saturated heterocycles. The Morgan fingerprint density at radius 3 is 1.57 bits per heavy atom. The van der Waals surface area contributed by atoms with Gasteiger partial charge in [-0.1, -0.05) is 41.5 Å². The summed E-state index contributed by atoms with van der Waals surface area (Å²) >= 11 is 0. The second-order valence-electron chi connectivity index (χ2n) is 8.08. The molecule has 2 aromatic carbocycles. The van der Waals surface area contributed by atoms with Crippen LogP contribution in [0.15, 0.2) is 48.5 Å². The van der Waals surface area contributed by atoms with E-state index in [0.29, 0.717) is 27.8 Å². The largest absolute Gasteiger partial charge is 0.543 e. The van der Waals surface area contributed by atoms with Crippen LogP contribution in [-0.4, -0.2) is 19.0 Å². The zero-order chi connectivity index (χ0) is 21.1. The van der Waals surface area contributed by atoms with Crippen molar-refractivity contribution >= 4 is 19.8 Å². The summed E-state index contributed by atoms with van der Waals surface area (Å²) < 4.78 is 6.62. The second kappa shape index (κ2) is 8.69. The lowest BCUT2D eigenvalue weighted by atomic mass is 10.0. The zero-order valence-electron chi connectivity index (χ0n) is 17.4. The van der Waals surface area contributed by atoms with Crippen LogP contribution in [0, 0.1) is 10.1 Å². The van der Waals surface area contributed by atoms with Crippen molar-refractivity contribution in [2.45, 2.75) is 58.2 Å². The molecule has 0 N–H and O–H groups in total. The Bertz CT molecular complexity index is 805. The number of nitro groups is 1. The van der Waals surface area contributed by atoms with Crippen LogP contribution in [0.1, 0.15) is 57.5 Å². The highest BCUT2D eigenvalue weighted by Gasteiger charge is 2.46. The van der Waals surface area contributed by atoms with E-state index >= 15 is 0 Å². The number of hydrogen-bond donors (Lipinski definition) is 0. The van der Waals surface area contributed by atoms with Gasteiger partial charge in [-0.05, 0) is 53.0 Å². The average molecular weight is 400 g/mol. The van der Waals surface area contributed by atoms with Gasteiger partial charge >= 0.3 is 0 Å². The third-order valence-electron chi connectivity index (χ3n) is 5.46. The molecule has 0 atom stereocenters. The summed E-state index contributed by atoms with van der Waals surface area (Å²) in [5, 5.41) is 10.8. The van der Waals surface area contributed by atoms with Crippen molar-refractivity contribution in [3.8, 4) is 5.75 Å². The molecule has 0 spiro atoms. The molecule has 28 heavy (non-hydrogen) atoms. The Hall–Kier alpha value is -2.47. The topological polar surface area (TPSA) is 69.4 Å². The molecule has 0 unspecified atom stereocenters. The van der Waals surface area contributed by atoms with E-state index in [2.05, 4.69) is 41.5 Å². The van der Waals surface area contributed by atoms with Crippen LogP contribution in [0.4, 0.5) is 5.69 Å². The Morgan fingerprint density at radius 2 is 1.21 bits per heavy atom. The van der Waals surface area contributed by atoms with E-state index in [4.69, 9.17) is 4.43 Å². The van der Waals surface area contributed by atoms with E-state index in [1.54, 1.807) is 12.1 Å². The highest BCUT2D eigenvalue weighted by atomic mass is 28.4. The van der Waals surface area contributed by atoms with Crippen molar-refractivity contribution in [1.29, 1.82) is 0 Å². The van der Waals surface area contributed by atoms with Crippen LogP contribution in [0.2, 0.25) is 16.6 Å². The predicted molar refractivity (Wildman–Crippen MR) is 115 cm³/mol. The summed E-state index contributed by atoms with van der Waals surface area (Å²) in [4.78, 5) is 22.9. The molecule has 0 amide bonds. The van der Waals surface area contributed by atoms with Gasteiger partial charge < -0.3 is 4.43 Å². The van der Waals surface area contributed by atoms with Crippen molar-refractivity contribution < 1.29 is 14.1 Å². The number of carbonyl (C=O) groups is 1. The zero-order valence-corrected chi connectivity index (χ0v) is 18.4. The third kappa shape index (κ3) is 4.33. The maximum absolute atomic E-state index is 12.6. The number of nitrogens with zero attached hydrogens (tertiary/aromatic N) is 1. The molecule has 2 aromatic rings. The lowest BCUT2D eigenvalue weighted by Crippen LogP contribution is -2.50. The highest BCUT2D eigenvalue weighted by Crippen LogP contribution is 2.42. The minimum absolute atomic E-state index is 0.0300. The first-order valence-corrected chi connectivity index (χ1v) is 11.8. The van der Waals surface area contributed by atoms with E-state index < -0.39 is 13.2 Å². The molecule has 0 aliphatic rings. The monoisotopic (exact) mass is 399 g/mol. The molecule has 0 aliphatic heterocycles. The summed E-state index contributed by atoms with van der Waals surface area (Å²) in [6.07, 6.45) is 0. The average Bonchev–Trinajstić information content (AvgIpc) is 2.65. The molecule has 0 aromatic heterocycles. The van der Waals surface area contributed by atoms with Gasteiger partial charge in [0.1, 0.15) is 5.75 Å². The van der Waals surface area contributed by atoms with Crippen LogP contribution in [0.3, 0.4) is 0 Å². The molecule has 0 aliphatic carbocycles. The molecule has 0 heterocycles. The van der Waals surface area contributed by atoms with E-state index in [1.165, 1.54) is 24.3 Å². The number of nitro benzene ring substituents is 1. The Labute approximate surface area is 168 Å². The molecule has 0 radical (unpaired) electrons. The molecular formula is C22H29NO4Si. The first-order valence-electron chi connectivity index (χ1n) is 9.67. The number of non-ortho nitro benzene ring substituents is 1. The van der Waals surface area contributed by atoms with Crippen LogP contribution in [0.5, 0.6) is 5.75 Å². The summed E-state index contributed by atoms with van der Waals surface area (Å²) in [6.45, 7) is 13.4. The molecular weight excluding hydrogens is 370 g/mol. The minimum atomic E-state index is -2.04. The molecule has 6 heteroatoms. The molecule has 0 bridgehead atoms. The Balaban J connectivity index is 2.24. The van der Waals surface area contributed by atoms with Gasteiger partial charge in [-0.2, -0.15) is 0 Å². The third-order valence-corrected chi connectivity index (χ3v) is 11.5. The fourth-order valence-corrected chi connectivity index (χ4v) is 9.38. The van der Waals surface area contributed by atoms with Crippen molar-refractivity contribution in [3.05, 3.63) is 69.8 Å². The number of rotatable bonds is 8. The summed E-state index contributed by atoms with van der Waals surface area (Å²) in [7, 11) is -2.04. The van der Waals surface area contributed by atoms with Gasteiger partial charge in [0.25, 0.3) is 14.0 Å². The van der Waals surface area contributed by atoms with Gasteiger partial charge in [-0.15, -0.1) is 0 Å². The van der Waals surface area contributed by atoms with E-state index in [1.807, 2.05) is 12.1 Å². The van der Waals surface area contributed by atoms with Crippen molar-refractivity contribution in [2.75, 3.05) is 0 Å². The molecule has 5 nitrogen and oxygen atoms in total. The van der Waals surface area contributed by atoms with Crippen LogP contribution in [-0.2, 0) is 0 Å². The van der Waals surface area contributed by atoms with Crippen molar-refractivity contribution in [2.24, 2.45) is 0 Å². The van der Waals surface area contributed by atoms with E-state index in [0.717, 1.165) is 5.75 Å². The number of benzene rings is 2. The first-order chi connectivity index (χ1) is 13.1. The van der Waals surface area contributed by atoms with Gasteiger partial charge in [0.2, 0.25) is 0 Å². The predicted octanol–water partition coefficient (Wildman–Crippen LogP) is 6.38. The van der Waals surface area contributed by atoms with Gasteiger partial charge in [-0.25, -0.2) is 0 Å². The Kier molecular flexibility index (Phi) is 6.77. The van der Waals surface area contributed by atoms with Gasteiger partial charge in [0, 0.05) is 23.3 Å². The quantitative estimate of drug-likeness (QED) is 0.223. The first kappa shape index (κ1) is 21.8. The smallest absolute Gasteiger partial charge is 0.269 e. The lowest BCUT2D eigenvalue weighted by Gasteiger charge is -2.42. The molecule has 0 saturated carbocycles. The van der Waals surface area contributed by atoms with Gasteiger partial charge in [0.15, 0.2) is 5.78 Å². The fraction of sp³-hybridized carbons (Fsp3) is 0.409. The van der Waals surface area contributed by atoms with Crippen LogP contribution < -0.4 is 4.43 Å². The lowest BCUT2D eigenvalue weighted by molar-refractivity contribution is -0.384. The number of ketones is 1.